The Bertz CT molecular complexity index is 596. The molecule has 0 atom stereocenters. The summed E-state index contributed by atoms with van der Waals surface area (Å²) in [6, 6.07) is 7.17. The number of rotatable bonds is 5. The van der Waals surface area contributed by atoms with Crippen molar-refractivity contribution in [1.29, 1.82) is 0 Å². The summed E-state index contributed by atoms with van der Waals surface area (Å²) in [6.07, 6.45) is 0.214. The SMILES string of the molecule is Cc1cccc(NC(=O)CCNC(=O)c2ccsc2)n1. The van der Waals surface area contributed by atoms with Gasteiger partial charge in [-0.15, -0.1) is 0 Å². The third-order valence-electron chi connectivity index (χ3n) is 2.58. The van der Waals surface area contributed by atoms with Crippen LogP contribution in [0.4, 0.5) is 5.82 Å². The molecule has 0 spiro atoms. The Kier molecular flexibility index (Phi) is 4.84. The number of carbonyl (C=O) groups is 2. The molecular formula is C14H15N3O2S. The highest BCUT2D eigenvalue weighted by Gasteiger charge is 2.07. The van der Waals surface area contributed by atoms with Crippen LogP contribution in [-0.4, -0.2) is 23.3 Å². The van der Waals surface area contributed by atoms with E-state index in [1.165, 1.54) is 11.3 Å². The molecule has 0 aliphatic heterocycles. The van der Waals surface area contributed by atoms with Gasteiger partial charge in [-0.2, -0.15) is 11.3 Å². The first kappa shape index (κ1) is 14.2. The van der Waals surface area contributed by atoms with Crippen molar-refractivity contribution in [2.24, 2.45) is 0 Å². The Morgan fingerprint density at radius 3 is 2.85 bits per heavy atom. The van der Waals surface area contributed by atoms with Crippen LogP contribution < -0.4 is 10.6 Å². The molecule has 0 radical (unpaired) electrons. The normalized spacial score (nSPS) is 10.1. The van der Waals surface area contributed by atoms with Gasteiger partial charge in [0.15, 0.2) is 0 Å². The van der Waals surface area contributed by atoms with Crippen molar-refractivity contribution in [1.82, 2.24) is 10.3 Å². The van der Waals surface area contributed by atoms with Crippen LogP contribution in [0.15, 0.2) is 35.0 Å². The number of hydrogen-bond acceptors (Lipinski definition) is 4. The van der Waals surface area contributed by atoms with Crippen molar-refractivity contribution in [3.8, 4) is 0 Å². The summed E-state index contributed by atoms with van der Waals surface area (Å²) in [7, 11) is 0. The zero-order valence-electron chi connectivity index (χ0n) is 11.1. The van der Waals surface area contributed by atoms with E-state index < -0.39 is 0 Å². The molecule has 0 saturated carbocycles. The van der Waals surface area contributed by atoms with Gasteiger partial charge >= 0.3 is 0 Å². The first-order valence-electron chi connectivity index (χ1n) is 6.19. The lowest BCUT2D eigenvalue weighted by Gasteiger charge is -2.06. The molecule has 0 bridgehead atoms. The third-order valence-corrected chi connectivity index (χ3v) is 3.26. The average molecular weight is 289 g/mol. The Hall–Kier alpha value is -2.21. The number of nitrogens with one attached hydrogen (secondary N) is 2. The van der Waals surface area contributed by atoms with E-state index in [4.69, 9.17) is 0 Å². The smallest absolute Gasteiger partial charge is 0.252 e. The molecule has 2 rings (SSSR count). The number of aryl methyl sites for hydroxylation is 1. The van der Waals surface area contributed by atoms with Crippen molar-refractivity contribution in [3.63, 3.8) is 0 Å². The lowest BCUT2D eigenvalue weighted by molar-refractivity contribution is -0.116. The maximum atomic E-state index is 11.7. The van der Waals surface area contributed by atoms with E-state index >= 15 is 0 Å². The van der Waals surface area contributed by atoms with E-state index in [0.29, 0.717) is 17.9 Å². The third kappa shape index (κ3) is 4.17. The van der Waals surface area contributed by atoms with Crippen LogP contribution in [0.2, 0.25) is 0 Å². The Morgan fingerprint density at radius 2 is 2.15 bits per heavy atom. The van der Waals surface area contributed by atoms with E-state index in [1.807, 2.05) is 24.4 Å². The fourth-order valence-electron chi connectivity index (χ4n) is 1.60. The number of carbonyl (C=O) groups excluding carboxylic acids is 2. The van der Waals surface area contributed by atoms with E-state index in [2.05, 4.69) is 15.6 Å². The lowest BCUT2D eigenvalue weighted by atomic mass is 10.3. The van der Waals surface area contributed by atoms with Crippen molar-refractivity contribution in [2.45, 2.75) is 13.3 Å². The zero-order valence-corrected chi connectivity index (χ0v) is 11.9. The van der Waals surface area contributed by atoms with Gasteiger partial charge in [0.2, 0.25) is 5.91 Å². The summed E-state index contributed by atoms with van der Waals surface area (Å²) < 4.78 is 0. The van der Waals surface area contributed by atoms with Gasteiger partial charge in [-0.05, 0) is 30.5 Å². The van der Waals surface area contributed by atoms with Crippen molar-refractivity contribution < 1.29 is 9.59 Å². The van der Waals surface area contributed by atoms with Gasteiger partial charge in [-0.3, -0.25) is 9.59 Å². The molecule has 20 heavy (non-hydrogen) atoms. The summed E-state index contributed by atoms with van der Waals surface area (Å²) in [6.45, 7) is 2.16. The molecular weight excluding hydrogens is 274 g/mol. The standard InChI is InChI=1S/C14H15N3O2S/c1-10-3-2-4-12(16-10)17-13(18)5-7-15-14(19)11-6-8-20-9-11/h2-4,6,8-9H,5,7H2,1H3,(H,15,19)(H,16,17,18). The summed E-state index contributed by atoms with van der Waals surface area (Å²) in [5.41, 5.74) is 1.46. The van der Waals surface area contributed by atoms with E-state index in [0.717, 1.165) is 5.69 Å². The van der Waals surface area contributed by atoms with Gasteiger partial charge < -0.3 is 10.6 Å². The highest BCUT2D eigenvalue weighted by molar-refractivity contribution is 7.08. The minimum Gasteiger partial charge on any atom is -0.351 e. The fraction of sp³-hybridized carbons (Fsp3) is 0.214. The van der Waals surface area contributed by atoms with Crippen molar-refractivity contribution in [2.75, 3.05) is 11.9 Å². The van der Waals surface area contributed by atoms with Gasteiger partial charge in [0.25, 0.3) is 5.91 Å². The van der Waals surface area contributed by atoms with E-state index in [-0.39, 0.29) is 18.2 Å². The van der Waals surface area contributed by atoms with E-state index in [1.54, 1.807) is 17.5 Å². The van der Waals surface area contributed by atoms with Crippen LogP contribution in [0.1, 0.15) is 22.5 Å². The molecule has 2 amide bonds. The van der Waals surface area contributed by atoms with Crippen LogP contribution in [0.3, 0.4) is 0 Å². The van der Waals surface area contributed by atoms with Gasteiger partial charge in [0.1, 0.15) is 5.82 Å². The highest BCUT2D eigenvalue weighted by Crippen LogP contribution is 2.06. The molecule has 0 aliphatic carbocycles. The highest BCUT2D eigenvalue weighted by atomic mass is 32.1. The number of thiophene rings is 1. The second-order valence-corrected chi connectivity index (χ2v) is 5.01. The molecule has 2 heterocycles. The maximum absolute atomic E-state index is 11.7. The Morgan fingerprint density at radius 1 is 1.30 bits per heavy atom. The van der Waals surface area contributed by atoms with Gasteiger partial charge in [-0.1, -0.05) is 6.07 Å². The topological polar surface area (TPSA) is 71.1 Å². The second-order valence-electron chi connectivity index (χ2n) is 4.23. The quantitative estimate of drug-likeness (QED) is 0.886. The predicted octanol–water partition coefficient (Wildman–Crippen LogP) is 2.21. The molecule has 0 fully saturated rings. The first-order valence-corrected chi connectivity index (χ1v) is 7.13. The molecule has 2 aromatic rings. The monoisotopic (exact) mass is 289 g/mol. The molecule has 5 nitrogen and oxygen atoms in total. The summed E-state index contributed by atoms with van der Waals surface area (Å²) in [4.78, 5) is 27.5. The van der Waals surface area contributed by atoms with Crippen LogP contribution >= 0.6 is 11.3 Å². The molecule has 2 N–H and O–H groups in total. The van der Waals surface area contributed by atoms with Crippen molar-refractivity contribution >= 4 is 29.0 Å². The molecule has 0 aromatic carbocycles. The molecule has 6 heteroatoms. The second kappa shape index (κ2) is 6.81. The summed E-state index contributed by atoms with van der Waals surface area (Å²) in [5.74, 6) is 0.195. The van der Waals surface area contributed by atoms with Crippen LogP contribution in [0.25, 0.3) is 0 Å². The lowest BCUT2D eigenvalue weighted by Crippen LogP contribution is -2.27. The van der Waals surface area contributed by atoms with E-state index in [9.17, 15) is 9.59 Å². The zero-order chi connectivity index (χ0) is 14.4. The molecule has 0 saturated heterocycles. The fourth-order valence-corrected chi connectivity index (χ4v) is 2.24. The summed E-state index contributed by atoms with van der Waals surface area (Å²) >= 11 is 1.46. The number of anilines is 1. The molecule has 0 aliphatic rings. The van der Waals surface area contributed by atoms with Crippen LogP contribution in [0.5, 0.6) is 0 Å². The summed E-state index contributed by atoms with van der Waals surface area (Å²) in [5, 5.41) is 9.00. The van der Waals surface area contributed by atoms with Gasteiger partial charge in [0, 0.05) is 29.6 Å². The minimum atomic E-state index is -0.172. The molecule has 0 unspecified atom stereocenters. The Labute approximate surface area is 121 Å². The number of amides is 2. The van der Waals surface area contributed by atoms with Crippen LogP contribution in [0, 0.1) is 6.92 Å². The predicted molar refractivity (Wildman–Crippen MR) is 78.9 cm³/mol. The van der Waals surface area contributed by atoms with Gasteiger partial charge in [-0.25, -0.2) is 4.98 Å². The largest absolute Gasteiger partial charge is 0.351 e. The van der Waals surface area contributed by atoms with Crippen molar-refractivity contribution in [3.05, 3.63) is 46.3 Å². The average Bonchev–Trinajstić information content (AvgIpc) is 2.92. The Balaban J connectivity index is 1.74. The molecule has 2 aromatic heterocycles. The minimum absolute atomic E-state index is 0.160. The number of aromatic nitrogens is 1. The maximum Gasteiger partial charge on any atom is 0.252 e. The van der Waals surface area contributed by atoms with Crippen LogP contribution in [-0.2, 0) is 4.79 Å². The van der Waals surface area contributed by atoms with Gasteiger partial charge in [0.05, 0.1) is 0 Å². The molecule has 104 valence electrons. The first-order chi connectivity index (χ1) is 9.65. The number of pyridine rings is 1. The number of nitrogens with zero attached hydrogens (tertiary/aromatic N) is 1. The number of hydrogen-bond donors (Lipinski definition) is 2.